The van der Waals surface area contributed by atoms with E-state index in [1.165, 1.54) is 4.31 Å². The summed E-state index contributed by atoms with van der Waals surface area (Å²) in [4.78, 5) is 71.3. The number of anilines is 1. The minimum Gasteiger partial charge on any atom is -0.493 e. The van der Waals surface area contributed by atoms with E-state index in [4.69, 9.17) is 52.8 Å². The molecule has 8 aliphatic rings. The summed E-state index contributed by atoms with van der Waals surface area (Å²) >= 11 is 0. The number of pyridine rings is 4. The summed E-state index contributed by atoms with van der Waals surface area (Å²) in [5.41, 5.74) is 12.2. The molecule has 1 amide bonds. The minimum atomic E-state index is -3.64. The molecule has 0 bridgehead atoms. The molecule has 5 fully saturated rings. The summed E-state index contributed by atoms with van der Waals surface area (Å²) in [6.07, 6.45) is 10.3. The second-order valence-electron chi connectivity index (χ2n) is 32.2. The Bertz CT molecular complexity index is 6270. The largest absolute Gasteiger partial charge is 0.493 e. The highest BCUT2D eigenvalue weighted by atomic mass is 32.2. The maximum Gasteiger partial charge on any atom is 0.243 e. The number of hydrogen-bond donors (Lipinski definition) is 3. The molecule has 638 valence electrons. The third-order valence-corrected chi connectivity index (χ3v) is 26.6. The van der Waals surface area contributed by atoms with Gasteiger partial charge in [0.15, 0.2) is 46.0 Å². The van der Waals surface area contributed by atoms with Crippen molar-refractivity contribution >= 4 is 49.1 Å². The van der Waals surface area contributed by atoms with Gasteiger partial charge in [-0.2, -0.15) is 4.31 Å². The van der Waals surface area contributed by atoms with Gasteiger partial charge in [-0.3, -0.25) is 34.1 Å². The van der Waals surface area contributed by atoms with E-state index in [9.17, 15) is 41.1 Å². The maximum atomic E-state index is 13.3. The van der Waals surface area contributed by atoms with Gasteiger partial charge in [0.1, 0.15) is 23.2 Å². The van der Waals surface area contributed by atoms with E-state index in [1.807, 2.05) is 224 Å². The second kappa shape index (κ2) is 35.1. The van der Waals surface area contributed by atoms with Gasteiger partial charge in [-0.25, -0.2) is 26.5 Å². The van der Waals surface area contributed by atoms with Crippen molar-refractivity contribution in [3.63, 3.8) is 0 Å². The van der Waals surface area contributed by atoms with Crippen molar-refractivity contribution in [3.05, 3.63) is 300 Å². The van der Waals surface area contributed by atoms with Crippen molar-refractivity contribution in [2.75, 3.05) is 59.3 Å². The van der Waals surface area contributed by atoms with Crippen LogP contribution in [0, 0.1) is 0 Å². The van der Waals surface area contributed by atoms with Crippen molar-refractivity contribution in [3.8, 4) is 90.9 Å². The molecule has 3 N–H and O–H groups in total. The number of fused-ring (bicyclic) bond motifs is 3. The molecule has 0 radical (unpaired) electrons. The first-order chi connectivity index (χ1) is 60.1. The van der Waals surface area contributed by atoms with Crippen LogP contribution in [0.25, 0.3) is 44.9 Å². The van der Waals surface area contributed by atoms with Crippen LogP contribution in [0.4, 0.5) is 5.82 Å². The molecule has 124 heavy (non-hydrogen) atoms. The second-order valence-corrected chi connectivity index (χ2v) is 36.0. The normalized spacial score (nSPS) is 16.9. The predicted octanol–water partition coefficient (Wildman–Crippen LogP) is 15.9. The Hall–Kier alpha value is -13.0. The number of β-amino-alcohol motifs (C(OH)–C–C–N with tert-alkyl or cyclic N) is 1. The van der Waals surface area contributed by atoms with E-state index in [0.717, 1.165) is 148 Å². The smallest absolute Gasteiger partial charge is 0.243 e. The molecule has 1 atom stereocenters. The number of Topliss-reactive ketones (excluding diaryl/α,β-unsaturated/α-hetero) is 3. The Labute approximate surface area is 723 Å². The Morgan fingerprint density at radius 1 is 0.444 bits per heavy atom. The van der Waals surface area contributed by atoms with Crippen molar-refractivity contribution in [2.45, 2.75) is 116 Å². The third-order valence-electron chi connectivity index (χ3n) is 24.1. The van der Waals surface area contributed by atoms with Crippen LogP contribution in [-0.2, 0) is 86.7 Å². The lowest BCUT2D eigenvalue weighted by molar-refractivity contribution is -0.121. The molecule has 1 unspecified atom stereocenters. The molecule has 4 aromatic heterocycles. The van der Waals surface area contributed by atoms with E-state index in [2.05, 4.69) is 15.0 Å². The molecule has 4 saturated carbocycles. The van der Waals surface area contributed by atoms with Gasteiger partial charge in [0, 0.05) is 88.7 Å². The lowest BCUT2D eigenvalue weighted by Gasteiger charge is -2.16. The SMILES string of the molecule is COc1ccc(-c2cccc(CC(=O)C3(c4ccc5c(c4)OCO5)CC3)n2)cc1OC.CS(=O)(=O)NCc1ccc(-c2cccc(CC(=O)C3(c4ccc5c(c4)OCO5)CC3)n2)cc1.O=C(Cc1cccc(-c2ccc(S(=O)(=O)N3CCC(O)C3)cc2)n1)C1(c2ccc3c(c2)OCO3)CC1.O=C(Nc1ccc(-c2ccccc2)cn1)C1(c2ccccc2)CC1.[HH].[HH].[HH]. The van der Waals surface area contributed by atoms with Crippen LogP contribution in [-0.4, -0.2) is 129 Å². The monoisotopic (exact) mass is 1710 g/mol. The Morgan fingerprint density at radius 3 is 1.29 bits per heavy atom. The summed E-state index contributed by atoms with van der Waals surface area (Å²) in [7, 11) is -3.67. The van der Waals surface area contributed by atoms with Crippen LogP contribution in [0.15, 0.2) is 260 Å². The van der Waals surface area contributed by atoms with Gasteiger partial charge < -0.3 is 48.3 Å². The van der Waals surface area contributed by atoms with Gasteiger partial charge in [-0.1, -0.05) is 133 Å². The van der Waals surface area contributed by atoms with Crippen molar-refractivity contribution in [2.24, 2.45) is 0 Å². The highest BCUT2D eigenvalue weighted by Crippen LogP contribution is 2.55. The van der Waals surface area contributed by atoms with Crippen LogP contribution in [0.2, 0.25) is 0 Å². The van der Waals surface area contributed by atoms with Gasteiger partial charge in [0.2, 0.25) is 46.3 Å². The van der Waals surface area contributed by atoms with Crippen LogP contribution < -0.4 is 47.9 Å². The summed E-state index contributed by atoms with van der Waals surface area (Å²) in [6.45, 7) is 1.32. The Kier molecular flexibility index (Phi) is 23.6. The molecule has 20 rings (SSSR count). The average molecular weight is 1710 g/mol. The number of ether oxygens (including phenoxy) is 8. The van der Waals surface area contributed by atoms with Gasteiger partial charge in [0.25, 0.3) is 0 Å². The van der Waals surface area contributed by atoms with Crippen molar-refractivity contribution < 1.29 is 83.3 Å². The van der Waals surface area contributed by atoms with E-state index in [1.54, 1.807) is 44.7 Å². The summed E-state index contributed by atoms with van der Waals surface area (Å²) < 4.78 is 95.3. The van der Waals surface area contributed by atoms with Crippen molar-refractivity contribution in [1.82, 2.24) is 29.0 Å². The number of carbonyl (C=O) groups is 4. The number of nitrogens with zero attached hydrogens (tertiary/aromatic N) is 5. The van der Waals surface area contributed by atoms with Crippen molar-refractivity contribution in [1.29, 1.82) is 0 Å². The number of aromatic nitrogens is 4. The quantitative estimate of drug-likeness (QED) is 0.0453. The number of rotatable bonds is 26. The molecule has 24 nitrogen and oxygen atoms in total. The number of sulfonamides is 2. The average Bonchev–Trinajstić information content (AvgIpc) is 1.60. The Morgan fingerprint density at radius 2 is 0.871 bits per heavy atom. The first kappa shape index (κ1) is 83.3. The number of aliphatic hydroxyl groups is 1. The number of methoxy groups -OCH3 is 2. The van der Waals surface area contributed by atoms with E-state index in [-0.39, 0.29) is 90.6 Å². The molecule has 12 aromatic rings. The number of hydrogen-bond acceptors (Lipinski definition) is 21. The molecule has 26 heteroatoms. The number of carbonyl (C=O) groups excluding carboxylic acids is 4. The van der Waals surface area contributed by atoms with Gasteiger partial charge >= 0.3 is 0 Å². The lowest BCUT2D eigenvalue weighted by atomic mass is 9.88. The zero-order chi connectivity index (χ0) is 85.8. The zero-order valence-electron chi connectivity index (χ0n) is 68.6. The summed E-state index contributed by atoms with van der Waals surface area (Å²) in [5.74, 6) is 6.65. The molecule has 0 spiro atoms. The number of amides is 1. The van der Waals surface area contributed by atoms with E-state index >= 15 is 0 Å². The standard InChI is InChI=1S/C27H26N2O6S.C25H24N2O5S.C25H23NO5.C21H18N2O.3H2/c30-21-10-13-29(16-21)36(32,33)22-7-4-18(5-8-22)23-3-1-2-20(28-23)15-26(31)27(11-12-27)19-6-9-24-25(14-19)35-17-34-24;1-33(29,30)26-15-17-5-7-18(8-6-17)21-4-2-3-20(27-21)14-24(28)25(11-12-25)19-9-10-22-23(13-19)32-16-31-22;1-28-20-8-6-16(12-22(20)29-2)19-5-3-4-18(26-19)14-24(27)25(10-11-25)17-7-9-21-23(13-17)31-15-30-21;24-20(21(13-14-21)18-9-5-2-6-10-18)23-19-12-11-17(15-22-19)16-7-3-1-4-8-16;;;/h1-9,14,21,30H,10-13,15-17H2;2-10,13,26H,11-12,14-16H2,1H3;3-9,12-13H,10-11,14-15H2,1-2H3;1-12,15H,13-14H2,(H,22,23,24);3*1H. The number of benzene rings is 8. The molecule has 1 saturated heterocycles. The molecule has 8 heterocycles. The fourth-order valence-corrected chi connectivity index (χ4v) is 18.2. The van der Waals surface area contributed by atoms with Gasteiger partial charge in [-0.05, 0) is 206 Å². The lowest BCUT2D eigenvalue weighted by Crippen LogP contribution is -2.29. The van der Waals surface area contributed by atoms with Gasteiger partial charge in [-0.15, -0.1) is 0 Å². The number of aliphatic hydroxyl groups excluding tert-OH is 1. The minimum absolute atomic E-state index is 0. The molecule has 8 aromatic carbocycles. The molecular formula is C98H97N7O17S2. The van der Waals surface area contributed by atoms with Crippen LogP contribution in [0.5, 0.6) is 46.0 Å². The van der Waals surface area contributed by atoms with E-state index in [0.29, 0.717) is 64.7 Å². The fraction of sp³-hybridized carbons (Fsp3) is 0.265. The maximum absolute atomic E-state index is 13.3. The van der Waals surface area contributed by atoms with E-state index < -0.39 is 42.4 Å². The van der Waals surface area contributed by atoms with Crippen LogP contribution in [0.1, 0.15) is 107 Å². The molecule has 4 aliphatic carbocycles. The highest BCUT2D eigenvalue weighted by Gasteiger charge is 2.54. The predicted molar refractivity (Wildman–Crippen MR) is 472 cm³/mol. The summed E-state index contributed by atoms with van der Waals surface area (Å²) in [5, 5.41) is 12.7. The van der Waals surface area contributed by atoms with Crippen LogP contribution in [0.3, 0.4) is 0 Å². The molecular weight excluding hydrogens is 1610 g/mol. The number of nitrogens with one attached hydrogen (secondary N) is 2. The Balaban J connectivity index is 0.000000137. The topological polar surface area (TPSA) is 309 Å². The first-order valence-electron chi connectivity index (χ1n) is 41.2. The zero-order valence-corrected chi connectivity index (χ0v) is 70.2. The van der Waals surface area contributed by atoms with Crippen LogP contribution >= 0.6 is 0 Å². The first-order valence-corrected chi connectivity index (χ1v) is 44.5. The number of ketones is 3. The fourth-order valence-electron chi connectivity index (χ4n) is 16.3. The molecule has 4 aliphatic heterocycles. The van der Waals surface area contributed by atoms with Gasteiger partial charge in [0.05, 0.1) is 70.2 Å². The summed E-state index contributed by atoms with van der Waals surface area (Å²) in [6, 6.07) is 78.0. The third kappa shape index (κ3) is 18.2. The highest BCUT2D eigenvalue weighted by molar-refractivity contribution is 7.89.